The van der Waals surface area contributed by atoms with Gasteiger partial charge in [-0.15, -0.1) is 0 Å². The molecule has 0 aliphatic heterocycles. The Bertz CT molecular complexity index is 831. The maximum absolute atomic E-state index is 10.2. The van der Waals surface area contributed by atoms with Gasteiger partial charge in [-0.2, -0.15) is 5.26 Å². The summed E-state index contributed by atoms with van der Waals surface area (Å²) in [5.74, 6) is 1.45. The summed E-state index contributed by atoms with van der Waals surface area (Å²) in [6.07, 6.45) is 7.77. The van der Waals surface area contributed by atoms with Crippen LogP contribution in [0.5, 0.6) is 0 Å². The number of hydrogen-bond acceptors (Lipinski definition) is 6. The minimum Gasteiger partial charge on any atom is -0.395 e. The molecule has 2 aromatic heterocycles. The van der Waals surface area contributed by atoms with Gasteiger partial charge in [-0.25, -0.2) is 9.97 Å². The summed E-state index contributed by atoms with van der Waals surface area (Å²) in [6.45, 7) is 15.9. The number of ether oxygens (including phenoxy) is 2. The molecule has 33 heavy (non-hydrogen) atoms. The average molecular weight is 492 g/mol. The zero-order chi connectivity index (χ0) is 24.5. The number of hydrogen-bond donors (Lipinski definition) is 1. The van der Waals surface area contributed by atoms with E-state index >= 15 is 0 Å². The first-order chi connectivity index (χ1) is 15.5. The first-order valence-corrected chi connectivity index (χ1v) is 19.1. The van der Waals surface area contributed by atoms with Crippen molar-refractivity contribution < 1.29 is 14.6 Å². The molecular weight excluding hydrogens is 450 g/mol. The molecule has 2 heterocycles. The monoisotopic (exact) mass is 491 g/mol. The molecule has 0 fully saturated rings. The second kappa shape index (κ2) is 12.1. The van der Waals surface area contributed by atoms with E-state index in [1.165, 1.54) is 0 Å². The molecule has 0 saturated heterocycles. The van der Waals surface area contributed by atoms with Crippen LogP contribution in [-0.4, -0.2) is 60.2 Å². The van der Waals surface area contributed by atoms with E-state index in [0.29, 0.717) is 39.5 Å². The highest BCUT2D eigenvalue weighted by molar-refractivity contribution is 6.76. The van der Waals surface area contributed by atoms with Gasteiger partial charge in [-0.3, -0.25) is 0 Å². The van der Waals surface area contributed by atoms with Crippen LogP contribution in [0.1, 0.15) is 11.6 Å². The molecule has 1 N–H and O–H groups in total. The fourth-order valence-corrected chi connectivity index (χ4v) is 4.74. The van der Waals surface area contributed by atoms with Gasteiger partial charge in [0.1, 0.15) is 25.1 Å². The van der Waals surface area contributed by atoms with E-state index in [2.05, 4.69) is 55.3 Å². The number of nitriles is 1. The Labute approximate surface area is 200 Å². The molecule has 8 nitrogen and oxygen atoms in total. The highest BCUT2D eigenvalue weighted by Crippen LogP contribution is 2.26. The van der Waals surface area contributed by atoms with Crippen LogP contribution in [0.2, 0.25) is 51.4 Å². The SMILES string of the molecule is C[Si](C)(C)CCOCn1ccnc1CC(C#N)(CO)Cc1nccn1COCC[Si](C)(C)C. The van der Waals surface area contributed by atoms with Gasteiger partial charge >= 0.3 is 0 Å². The minimum atomic E-state index is -1.15. The van der Waals surface area contributed by atoms with Crippen LogP contribution >= 0.6 is 0 Å². The van der Waals surface area contributed by atoms with Gasteiger partial charge in [0, 0.05) is 67.0 Å². The van der Waals surface area contributed by atoms with Crippen LogP contribution < -0.4 is 0 Å². The third-order valence-electron chi connectivity index (χ3n) is 5.59. The van der Waals surface area contributed by atoms with Gasteiger partial charge in [0.25, 0.3) is 0 Å². The van der Waals surface area contributed by atoms with E-state index < -0.39 is 21.6 Å². The van der Waals surface area contributed by atoms with Gasteiger partial charge in [0.2, 0.25) is 0 Å². The Kier molecular flexibility index (Phi) is 10.1. The minimum absolute atomic E-state index is 0.282. The summed E-state index contributed by atoms with van der Waals surface area (Å²) in [4.78, 5) is 8.88. The van der Waals surface area contributed by atoms with E-state index in [-0.39, 0.29) is 6.61 Å². The van der Waals surface area contributed by atoms with Crippen molar-refractivity contribution in [3.8, 4) is 6.07 Å². The lowest BCUT2D eigenvalue weighted by Gasteiger charge is -2.24. The number of rotatable bonds is 15. The van der Waals surface area contributed by atoms with E-state index in [1.807, 2.05) is 21.5 Å². The average Bonchev–Trinajstić information content (AvgIpc) is 3.35. The van der Waals surface area contributed by atoms with Crippen molar-refractivity contribution in [2.24, 2.45) is 5.41 Å². The third kappa shape index (κ3) is 9.54. The fourth-order valence-electron chi connectivity index (χ4n) is 3.23. The molecule has 0 aromatic carbocycles. The Morgan fingerprint density at radius 2 is 1.30 bits per heavy atom. The molecule has 10 heteroatoms. The highest BCUT2D eigenvalue weighted by atomic mass is 28.3. The van der Waals surface area contributed by atoms with Gasteiger partial charge in [0.05, 0.1) is 18.1 Å². The predicted octanol–water partition coefficient (Wildman–Crippen LogP) is 3.99. The van der Waals surface area contributed by atoms with Crippen LogP contribution in [0.3, 0.4) is 0 Å². The smallest absolute Gasteiger partial charge is 0.123 e. The van der Waals surface area contributed by atoms with E-state index in [9.17, 15) is 10.4 Å². The number of aliphatic hydroxyl groups is 1. The quantitative estimate of drug-likeness (QED) is 0.299. The van der Waals surface area contributed by atoms with Gasteiger partial charge in [0.15, 0.2) is 0 Å². The number of imidazole rings is 2. The van der Waals surface area contributed by atoms with E-state index in [0.717, 1.165) is 23.7 Å². The van der Waals surface area contributed by atoms with E-state index in [4.69, 9.17) is 9.47 Å². The van der Waals surface area contributed by atoms with Crippen molar-refractivity contribution >= 4 is 16.1 Å². The maximum Gasteiger partial charge on any atom is 0.123 e. The largest absolute Gasteiger partial charge is 0.395 e. The Morgan fingerprint density at radius 1 is 0.879 bits per heavy atom. The Balaban J connectivity index is 2.01. The maximum atomic E-state index is 10.2. The summed E-state index contributed by atoms with van der Waals surface area (Å²) >= 11 is 0. The molecule has 0 radical (unpaired) electrons. The standard InChI is InChI=1S/C23H41N5O3Si2/c1-32(2,3)13-11-30-19-27-9-7-25-21(27)15-23(17-24,18-29)16-22-26-8-10-28(22)20-31-12-14-33(4,5)6/h7-10,29H,11-16,18-20H2,1-6H3. The van der Waals surface area contributed by atoms with Gasteiger partial charge < -0.3 is 23.7 Å². The van der Waals surface area contributed by atoms with Crippen LogP contribution in [0.25, 0.3) is 0 Å². The van der Waals surface area contributed by atoms with Gasteiger partial charge in [-0.05, 0) is 12.1 Å². The second-order valence-electron chi connectivity index (χ2n) is 11.2. The lowest BCUT2D eigenvalue weighted by atomic mass is 9.82. The van der Waals surface area contributed by atoms with Crippen molar-refractivity contribution in [3.05, 3.63) is 36.4 Å². The first-order valence-electron chi connectivity index (χ1n) is 11.6. The van der Waals surface area contributed by atoms with Crippen molar-refractivity contribution in [2.75, 3.05) is 19.8 Å². The fraction of sp³-hybridized carbons (Fsp3) is 0.696. The summed E-state index contributed by atoms with van der Waals surface area (Å²) < 4.78 is 15.6. The summed E-state index contributed by atoms with van der Waals surface area (Å²) in [5, 5.41) is 20.2. The molecule has 0 amide bonds. The molecule has 0 atom stereocenters. The Hall–Kier alpha value is -1.78. The molecule has 0 saturated carbocycles. The van der Waals surface area contributed by atoms with Crippen LogP contribution in [0, 0.1) is 16.7 Å². The second-order valence-corrected chi connectivity index (χ2v) is 22.5. The van der Waals surface area contributed by atoms with Crippen LogP contribution in [0.4, 0.5) is 0 Å². The highest BCUT2D eigenvalue weighted by Gasteiger charge is 2.34. The summed E-state index contributed by atoms with van der Waals surface area (Å²) in [5.41, 5.74) is -1.02. The normalized spacial score (nSPS) is 12.8. The van der Waals surface area contributed by atoms with Crippen molar-refractivity contribution in [3.63, 3.8) is 0 Å². The zero-order valence-corrected chi connectivity index (χ0v) is 23.2. The number of nitrogens with zero attached hydrogens (tertiary/aromatic N) is 5. The summed E-state index contributed by atoms with van der Waals surface area (Å²) in [7, 11) is -2.30. The van der Waals surface area contributed by atoms with Crippen molar-refractivity contribution in [1.82, 2.24) is 19.1 Å². The predicted molar refractivity (Wildman–Crippen MR) is 135 cm³/mol. The van der Waals surface area contributed by atoms with Crippen LogP contribution in [0.15, 0.2) is 24.8 Å². The number of aliphatic hydroxyl groups excluding tert-OH is 1. The molecule has 2 rings (SSSR count). The molecule has 0 bridgehead atoms. The molecule has 0 aliphatic carbocycles. The van der Waals surface area contributed by atoms with Crippen LogP contribution in [-0.2, 0) is 35.8 Å². The molecular formula is C23H41N5O3Si2. The Morgan fingerprint density at radius 3 is 1.64 bits per heavy atom. The lowest BCUT2D eigenvalue weighted by Crippen LogP contribution is -2.32. The van der Waals surface area contributed by atoms with Gasteiger partial charge in [-0.1, -0.05) is 39.3 Å². The van der Waals surface area contributed by atoms with Crippen molar-refractivity contribution in [1.29, 1.82) is 5.26 Å². The summed E-state index contributed by atoms with van der Waals surface area (Å²) in [6, 6.07) is 4.53. The molecule has 2 aromatic rings. The third-order valence-corrected chi connectivity index (χ3v) is 9.00. The topological polar surface area (TPSA) is 98.1 Å². The van der Waals surface area contributed by atoms with E-state index in [1.54, 1.807) is 12.4 Å². The van der Waals surface area contributed by atoms with Crippen molar-refractivity contribution in [2.45, 2.75) is 77.7 Å². The first kappa shape index (κ1) is 27.5. The zero-order valence-electron chi connectivity index (χ0n) is 21.2. The molecule has 0 unspecified atom stereocenters. The lowest BCUT2D eigenvalue weighted by molar-refractivity contribution is 0.0800. The molecule has 0 aliphatic rings. The molecule has 0 spiro atoms. The number of aromatic nitrogens is 4. The molecule has 184 valence electrons.